The lowest BCUT2D eigenvalue weighted by Gasteiger charge is -2.05. The minimum absolute atomic E-state index is 0.106. The normalized spacial score (nSPS) is 10.1. The molecule has 0 spiro atoms. The Hall–Kier alpha value is -2.37. The summed E-state index contributed by atoms with van der Waals surface area (Å²) in [5.41, 5.74) is 0.420. The Balaban J connectivity index is 1.87. The molecule has 0 atom stereocenters. The summed E-state index contributed by atoms with van der Waals surface area (Å²) in [4.78, 5) is 11.5. The zero-order chi connectivity index (χ0) is 13.0. The van der Waals surface area contributed by atoms with Gasteiger partial charge >= 0.3 is 6.03 Å². The van der Waals surface area contributed by atoms with Crippen LogP contribution in [0.1, 0.15) is 11.3 Å². The Morgan fingerprint density at radius 1 is 1.44 bits per heavy atom. The zero-order valence-corrected chi connectivity index (χ0v) is 9.74. The van der Waals surface area contributed by atoms with Gasteiger partial charge in [0.25, 0.3) is 0 Å². The molecule has 0 aliphatic heterocycles. The highest BCUT2D eigenvalue weighted by molar-refractivity contribution is 5.88. The van der Waals surface area contributed by atoms with E-state index in [1.165, 1.54) is 6.07 Å². The van der Waals surface area contributed by atoms with Crippen LogP contribution >= 0.6 is 0 Å². The van der Waals surface area contributed by atoms with Gasteiger partial charge in [-0.05, 0) is 13.0 Å². The van der Waals surface area contributed by atoms with E-state index in [0.29, 0.717) is 17.1 Å². The molecule has 0 aliphatic rings. The van der Waals surface area contributed by atoms with Gasteiger partial charge in [0.15, 0.2) is 5.82 Å². The molecule has 0 fully saturated rings. The van der Waals surface area contributed by atoms with Gasteiger partial charge in [-0.15, -0.1) is 0 Å². The third kappa shape index (κ3) is 3.07. The van der Waals surface area contributed by atoms with Crippen LogP contribution in [0.4, 0.5) is 15.0 Å². The molecule has 1 heterocycles. The molecule has 1 aromatic heterocycles. The third-order valence-electron chi connectivity index (χ3n) is 2.27. The number of aryl methyl sites for hydroxylation is 1. The number of nitrogens with zero attached hydrogens (tertiary/aromatic N) is 1. The number of rotatable bonds is 3. The molecule has 0 bridgehead atoms. The maximum absolute atomic E-state index is 13.3. The number of urea groups is 1. The van der Waals surface area contributed by atoms with Crippen molar-refractivity contribution in [2.75, 3.05) is 5.32 Å². The second-order valence-electron chi connectivity index (χ2n) is 3.72. The Morgan fingerprint density at radius 2 is 2.22 bits per heavy atom. The van der Waals surface area contributed by atoms with Crippen molar-refractivity contribution in [2.24, 2.45) is 0 Å². The van der Waals surface area contributed by atoms with Crippen molar-refractivity contribution in [3.8, 4) is 0 Å². The first-order valence-corrected chi connectivity index (χ1v) is 5.37. The summed E-state index contributed by atoms with van der Waals surface area (Å²) in [5, 5.41) is 8.61. The number of carbonyl (C=O) groups is 1. The molecule has 2 amide bonds. The van der Waals surface area contributed by atoms with Gasteiger partial charge in [-0.2, -0.15) is 0 Å². The van der Waals surface area contributed by atoms with E-state index in [-0.39, 0.29) is 12.4 Å². The largest absolute Gasteiger partial charge is 0.360 e. The number of hydrogen-bond acceptors (Lipinski definition) is 3. The lowest BCUT2D eigenvalue weighted by molar-refractivity contribution is 0.251. The number of halogens is 1. The minimum Gasteiger partial charge on any atom is -0.360 e. The topological polar surface area (TPSA) is 67.2 Å². The molecule has 2 rings (SSSR count). The molecular formula is C12H12FN3O2. The van der Waals surface area contributed by atoms with Crippen molar-refractivity contribution < 1.29 is 13.7 Å². The van der Waals surface area contributed by atoms with E-state index in [4.69, 9.17) is 4.52 Å². The lowest BCUT2D eigenvalue weighted by atomic mass is 10.2. The fraction of sp³-hybridized carbons (Fsp3) is 0.167. The number of hydrogen-bond donors (Lipinski definition) is 2. The molecule has 2 N–H and O–H groups in total. The number of nitrogens with one attached hydrogen (secondary N) is 2. The summed E-state index contributed by atoms with van der Waals surface area (Å²) in [5.74, 6) is 0.563. The Bertz CT molecular complexity index is 554. The van der Waals surface area contributed by atoms with Crippen molar-refractivity contribution in [1.29, 1.82) is 0 Å². The molecule has 94 valence electrons. The first-order chi connectivity index (χ1) is 8.65. The molecule has 0 saturated heterocycles. The average molecular weight is 249 g/mol. The number of anilines is 1. The molecule has 6 heteroatoms. The molecule has 1 aromatic carbocycles. The molecule has 0 aliphatic carbocycles. The molecule has 5 nitrogen and oxygen atoms in total. The van der Waals surface area contributed by atoms with Crippen molar-refractivity contribution in [3.05, 3.63) is 47.5 Å². The summed E-state index contributed by atoms with van der Waals surface area (Å²) in [6, 6.07) is 7.37. The first kappa shape index (κ1) is 12.1. The van der Waals surface area contributed by atoms with Crippen LogP contribution in [0.15, 0.2) is 34.9 Å². The van der Waals surface area contributed by atoms with Crippen molar-refractivity contribution in [2.45, 2.75) is 13.5 Å². The Morgan fingerprint density at radius 3 is 2.89 bits per heavy atom. The third-order valence-corrected chi connectivity index (χ3v) is 2.27. The van der Waals surface area contributed by atoms with E-state index in [1.54, 1.807) is 31.2 Å². The molecular weight excluding hydrogens is 237 g/mol. The van der Waals surface area contributed by atoms with E-state index < -0.39 is 6.03 Å². The average Bonchev–Trinajstić information content (AvgIpc) is 2.74. The maximum Gasteiger partial charge on any atom is 0.320 e. The molecule has 0 saturated carbocycles. The van der Waals surface area contributed by atoms with Gasteiger partial charge < -0.3 is 9.84 Å². The van der Waals surface area contributed by atoms with Gasteiger partial charge in [0.2, 0.25) is 0 Å². The molecule has 0 radical (unpaired) electrons. The van der Waals surface area contributed by atoms with Crippen molar-refractivity contribution in [3.63, 3.8) is 0 Å². The highest BCUT2D eigenvalue weighted by Gasteiger charge is 2.06. The number of benzene rings is 1. The van der Waals surface area contributed by atoms with E-state index >= 15 is 0 Å². The second kappa shape index (κ2) is 5.31. The second-order valence-corrected chi connectivity index (χ2v) is 3.72. The molecule has 2 aromatic rings. The summed E-state index contributed by atoms with van der Waals surface area (Å²) in [6.45, 7) is 1.82. The van der Waals surface area contributed by atoms with Crippen LogP contribution in [-0.2, 0) is 6.54 Å². The monoisotopic (exact) mass is 249 g/mol. The van der Waals surface area contributed by atoms with Gasteiger partial charge in [-0.1, -0.05) is 23.4 Å². The van der Waals surface area contributed by atoms with E-state index in [0.717, 1.165) is 0 Å². The van der Waals surface area contributed by atoms with Crippen LogP contribution in [0.3, 0.4) is 0 Å². The van der Waals surface area contributed by atoms with Crippen LogP contribution < -0.4 is 10.6 Å². The number of carbonyl (C=O) groups excluding carboxylic acids is 1. The summed E-state index contributed by atoms with van der Waals surface area (Å²) in [7, 11) is 0. The SMILES string of the molecule is Cc1cc(NC(=O)NCc2ccccc2F)no1. The molecule has 18 heavy (non-hydrogen) atoms. The predicted octanol–water partition coefficient (Wildman–Crippen LogP) is 2.44. The highest BCUT2D eigenvalue weighted by Crippen LogP contribution is 2.07. The van der Waals surface area contributed by atoms with E-state index in [1.807, 2.05) is 0 Å². The minimum atomic E-state index is -0.466. The van der Waals surface area contributed by atoms with E-state index in [9.17, 15) is 9.18 Å². The Labute approximate surface area is 103 Å². The summed E-state index contributed by atoms with van der Waals surface area (Å²) >= 11 is 0. The standard InChI is InChI=1S/C12H12FN3O2/c1-8-6-11(16-18-8)15-12(17)14-7-9-4-2-3-5-10(9)13/h2-6H,7H2,1H3,(H2,14,15,16,17). The van der Waals surface area contributed by atoms with Crippen molar-refractivity contribution >= 4 is 11.8 Å². The van der Waals surface area contributed by atoms with E-state index in [2.05, 4.69) is 15.8 Å². The number of amides is 2. The van der Waals surface area contributed by atoms with Crippen LogP contribution in [0.5, 0.6) is 0 Å². The van der Waals surface area contributed by atoms with Gasteiger partial charge in [0.05, 0.1) is 0 Å². The molecule has 0 unspecified atom stereocenters. The Kier molecular flexibility index (Phi) is 3.57. The number of aromatic nitrogens is 1. The fourth-order valence-corrected chi connectivity index (χ4v) is 1.40. The van der Waals surface area contributed by atoms with Crippen molar-refractivity contribution in [1.82, 2.24) is 10.5 Å². The smallest absolute Gasteiger partial charge is 0.320 e. The summed E-state index contributed by atoms with van der Waals surface area (Å²) in [6.07, 6.45) is 0. The predicted molar refractivity (Wildman–Crippen MR) is 63.5 cm³/mol. The van der Waals surface area contributed by atoms with Crippen LogP contribution in [-0.4, -0.2) is 11.2 Å². The summed E-state index contributed by atoms with van der Waals surface area (Å²) < 4.78 is 18.1. The maximum atomic E-state index is 13.3. The zero-order valence-electron chi connectivity index (χ0n) is 9.74. The fourth-order valence-electron chi connectivity index (χ4n) is 1.40. The van der Waals surface area contributed by atoms with Gasteiger partial charge in [0, 0.05) is 18.2 Å². The first-order valence-electron chi connectivity index (χ1n) is 5.37. The quantitative estimate of drug-likeness (QED) is 0.877. The van der Waals surface area contributed by atoms with Gasteiger partial charge in [-0.25, -0.2) is 9.18 Å². The van der Waals surface area contributed by atoms with Crippen LogP contribution in [0.25, 0.3) is 0 Å². The van der Waals surface area contributed by atoms with Gasteiger partial charge in [-0.3, -0.25) is 5.32 Å². The van der Waals surface area contributed by atoms with Crippen LogP contribution in [0, 0.1) is 12.7 Å². The van der Waals surface area contributed by atoms with Gasteiger partial charge in [0.1, 0.15) is 11.6 Å². The highest BCUT2D eigenvalue weighted by atomic mass is 19.1. The van der Waals surface area contributed by atoms with Crippen LogP contribution in [0.2, 0.25) is 0 Å². The lowest BCUT2D eigenvalue weighted by Crippen LogP contribution is -2.28.